The van der Waals surface area contributed by atoms with Crippen molar-refractivity contribution in [1.82, 2.24) is 0 Å². The van der Waals surface area contributed by atoms with Gasteiger partial charge in [-0.15, -0.1) is 0 Å². The summed E-state index contributed by atoms with van der Waals surface area (Å²) in [4.78, 5) is 11.9. The smallest absolute Gasteiger partial charge is 0.339 e. The predicted octanol–water partition coefficient (Wildman–Crippen LogP) is 4.26. The Bertz CT molecular complexity index is 595. The van der Waals surface area contributed by atoms with Crippen molar-refractivity contribution in [3.05, 3.63) is 71.3 Å². The summed E-state index contributed by atoms with van der Waals surface area (Å²) in [5.41, 5.74) is 2.87. The summed E-state index contributed by atoms with van der Waals surface area (Å²) in [6.45, 7) is 3.88. The van der Waals surface area contributed by atoms with E-state index in [1.54, 1.807) is 19.1 Å². The van der Waals surface area contributed by atoms with Crippen LogP contribution >= 0.6 is 0 Å². The molecule has 0 radical (unpaired) electrons. The summed E-state index contributed by atoms with van der Waals surface area (Å²) >= 11 is 0. The molecule has 0 fully saturated rings. The highest BCUT2D eigenvalue weighted by Crippen LogP contribution is 2.13. The molecule has 0 bridgehead atoms. The van der Waals surface area contributed by atoms with E-state index in [9.17, 15) is 4.79 Å². The fourth-order valence-corrected chi connectivity index (χ4v) is 1.83. The second-order valence-corrected chi connectivity index (χ2v) is 4.63. The van der Waals surface area contributed by atoms with E-state index in [1.165, 1.54) is 5.56 Å². The molecule has 0 saturated carbocycles. The Kier molecular flexibility index (Phi) is 4.72. The molecule has 2 aromatic rings. The number of ether oxygens (including phenoxy) is 1. The highest BCUT2D eigenvalue weighted by atomic mass is 16.5. The summed E-state index contributed by atoms with van der Waals surface area (Å²) in [5.74, 6) is 0.238. The van der Waals surface area contributed by atoms with Gasteiger partial charge in [0.05, 0.1) is 0 Å². The van der Waals surface area contributed by atoms with Gasteiger partial charge in [-0.2, -0.15) is 0 Å². The molecule has 0 saturated heterocycles. The van der Waals surface area contributed by atoms with Crippen LogP contribution in [0.15, 0.2) is 60.2 Å². The van der Waals surface area contributed by atoms with E-state index in [2.05, 4.69) is 19.1 Å². The number of carbonyl (C=O) groups excluding carboxylic acids is 1. The number of para-hydroxylation sites is 1. The van der Waals surface area contributed by atoms with E-state index in [0.717, 1.165) is 12.0 Å². The maximum absolute atomic E-state index is 11.9. The third-order valence-electron chi connectivity index (χ3n) is 3.05. The molecule has 2 aromatic carbocycles. The van der Waals surface area contributed by atoms with Crippen LogP contribution in [-0.2, 0) is 11.2 Å². The maximum atomic E-state index is 11.9. The van der Waals surface area contributed by atoms with Gasteiger partial charge in [0.15, 0.2) is 0 Å². The van der Waals surface area contributed by atoms with Gasteiger partial charge >= 0.3 is 5.97 Å². The molecular weight excluding hydrogens is 248 g/mol. The lowest BCUT2D eigenvalue weighted by molar-refractivity contribution is -0.130. The molecular formula is C18H18O2. The molecule has 0 aliphatic carbocycles. The Morgan fingerprint density at radius 2 is 1.70 bits per heavy atom. The van der Waals surface area contributed by atoms with Gasteiger partial charge in [0, 0.05) is 5.57 Å². The second kappa shape index (κ2) is 6.71. The van der Waals surface area contributed by atoms with Crippen molar-refractivity contribution in [3.8, 4) is 5.75 Å². The highest BCUT2D eigenvalue weighted by Gasteiger charge is 2.07. The minimum Gasteiger partial charge on any atom is -0.423 e. The van der Waals surface area contributed by atoms with Crippen LogP contribution in [0.2, 0.25) is 0 Å². The molecule has 2 nitrogen and oxygen atoms in total. The molecule has 102 valence electrons. The van der Waals surface area contributed by atoms with Crippen LogP contribution in [0.25, 0.3) is 6.08 Å². The first-order chi connectivity index (χ1) is 9.69. The van der Waals surface area contributed by atoms with E-state index in [1.807, 2.05) is 36.4 Å². The average Bonchev–Trinajstić information content (AvgIpc) is 2.49. The number of esters is 1. The molecule has 0 aliphatic rings. The minimum absolute atomic E-state index is 0.323. The zero-order chi connectivity index (χ0) is 14.4. The van der Waals surface area contributed by atoms with Crippen molar-refractivity contribution in [1.29, 1.82) is 0 Å². The lowest BCUT2D eigenvalue weighted by Crippen LogP contribution is -2.08. The zero-order valence-electron chi connectivity index (χ0n) is 11.8. The van der Waals surface area contributed by atoms with Crippen molar-refractivity contribution < 1.29 is 9.53 Å². The Labute approximate surface area is 119 Å². The SMILES string of the molecule is CCc1ccc(C=C(C)C(=O)Oc2ccccc2)cc1. The lowest BCUT2D eigenvalue weighted by Gasteiger charge is -2.04. The number of benzene rings is 2. The second-order valence-electron chi connectivity index (χ2n) is 4.63. The first-order valence-electron chi connectivity index (χ1n) is 6.73. The molecule has 0 heterocycles. The maximum Gasteiger partial charge on any atom is 0.339 e. The minimum atomic E-state index is -0.323. The van der Waals surface area contributed by atoms with E-state index in [4.69, 9.17) is 4.74 Å². The molecule has 0 atom stereocenters. The van der Waals surface area contributed by atoms with Crippen molar-refractivity contribution in [3.63, 3.8) is 0 Å². The van der Waals surface area contributed by atoms with Crippen molar-refractivity contribution in [2.24, 2.45) is 0 Å². The number of hydrogen-bond donors (Lipinski definition) is 0. The average molecular weight is 266 g/mol. The standard InChI is InChI=1S/C18H18O2/c1-3-15-9-11-16(12-10-15)13-14(2)18(19)20-17-7-5-4-6-8-17/h4-13H,3H2,1-2H3. The van der Waals surface area contributed by atoms with Gasteiger partial charge in [0.1, 0.15) is 5.75 Å². The Morgan fingerprint density at radius 1 is 1.05 bits per heavy atom. The first kappa shape index (κ1) is 14.1. The van der Waals surface area contributed by atoms with Gasteiger partial charge in [-0.05, 0) is 42.7 Å². The van der Waals surface area contributed by atoms with Crippen LogP contribution in [0.3, 0.4) is 0 Å². The Hall–Kier alpha value is -2.35. The number of aryl methyl sites for hydroxylation is 1. The molecule has 2 heteroatoms. The van der Waals surface area contributed by atoms with Crippen LogP contribution in [0, 0.1) is 0 Å². The summed E-state index contributed by atoms with van der Waals surface area (Å²) in [5, 5.41) is 0. The first-order valence-corrected chi connectivity index (χ1v) is 6.73. The van der Waals surface area contributed by atoms with E-state index >= 15 is 0 Å². The third-order valence-corrected chi connectivity index (χ3v) is 3.05. The van der Waals surface area contributed by atoms with Crippen LogP contribution in [-0.4, -0.2) is 5.97 Å². The highest BCUT2D eigenvalue weighted by molar-refractivity contribution is 5.94. The lowest BCUT2D eigenvalue weighted by atomic mass is 10.1. The fourth-order valence-electron chi connectivity index (χ4n) is 1.83. The third kappa shape index (κ3) is 3.82. The van der Waals surface area contributed by atoms with Crippen LogP contribution in [0.1, 0.15) is 25.0 Å². The van der Waals surface area contributed by atoms with Gasteiger partial charge in [-0.1, -0.05) is 49.4 Å². The van der Waals surface area contributed by atoms with Crippen molar-refractivity contribution in [2.45, 2.75) is 20.3 Å². The van der Waals surface area contributed by atoms with Crippen molar-refractivity contribution >= 4 is 12.0 Å². The van der Waals surface area contributed by atoms with Crippen LogP contribution in [0.5, 0.6) is 5.75 Å². The molecule has 2 rings (SSSR count). The van der Waals surface area contributed by atoms with Gasteiger partial charge in [-0.3, -0.25) is 0 Å². The number of hydrogen-bond acceptors (Lipinski definition) is 2. The zero-order valence-corrected chi connectivity index (χ0v) is 11.8. The topological polar surface area (TPSA) is 26.3 Å². The Morgan fingerprint density at radius 3 is 2.30 bits per heavy atom. The molecule has 0 aromatic heterocycles. The fraction of sp³-hybridized carbons (Fsp3) is 0.167. The van der Waals surface area contributed by atoms with Crippen molar-refractivity contribution in [2.75, 3.05) is 0 Å². The van der Waals surface area contributed by atoms with Gasteiger partial charge < -0.3 is 4.74 Å². The quantitative estimate of drug-likeness (QED) is 0.469. The summed E-state index contributed by atoms with van der Waals surface area (Å²) in [6.07, 6.45) is 2.85. The van der Waals surface area contributed by atoms with E-state index < -0.39 is 0 Å². The van der Waals surface area contributed by atoms with Gasteiger partial charge in [0.2, 0.25) is 0 Å². The normalized spacial score (nSPS) is 11.2. The summed E-state index contributed by atoms with van der Waals surface area (Å²) in [7, 11) is 0. The molecule has 20 heavy (non-hydrogen) atoms. The van der Waals surface area contributed by atoms with Crippen LogP contribution in [0.4, 0.5) is 0 Å². The predicted molar refractivity (Wildman–Crippen MR) is 81.5 cm³/mol. The monoisotopic (exact) mass is 266 g/mol. The van der Waals surface area contributed by atoms with E-state index in [0.29, 0.717) is 11.3 Å². The summed E-state index contributed by atoms with van der Waals surface area (Å²) in [6, 6.07) is 17.3. The largest absolute Gasteiger partial charge is 0.423 e. The van der Waals surface area contributed by atoms with Crippen LogP contribution < -0.4 is 4.74 Å². The molecule has 0 N–H and O–H groups in total. The molecule has 0 spiro atoms. The number of carbonyl (C=O) groups is 1. The molecule has 0 unspecified atom stereocenters. The molecule has 0 aliphatic heterocycles. The Balaban J connectivity index is 2.07. The molecule has 0 amide bonds. The van der Waals surface area contributed by atoms with Gasteiger partial charge in [0.25, 0.3) is 0 Å². The summed E-state index contributed by atoms with van der Waals surface area (Å²) < 4.78 is 5.29. The van der Waals surface area contributed by atoms with Gasteiger partial charge in [-0.25, -0.2) is 4.79 Å². The number of rotatable bonds is 4. The van der Waals surface area contributed by atoms with E-state index in [-0.39, 0.29) is 5.97 Å².